The fraction of sp³-hybridized carbons (Fsp3) is 0.538. The zero-order valence-electron chi connectivity index (χ0n) is 10.4. The van der Waals surface area contributed by atoms with Crippen molar-refractivity contribution in [1.29, 1.82) is 0 Å². The molecule has 1 aromatic rings. The molecule has 2 heterocycles. The fourth-order valence-corrected chi connectivity index (χ4v) is 3.06. The number of rotatable bonds is 2. The number of nitrogens with two attached hydrogens (primary N) is 1. The second-order valence-electron chi connectivity index (χ2n) is 5.06. The molecule has 0 amide bonds. The van der Waals surface area contributed by atoms with Gasteiger partial charge in [-0.25, -0.2) is 0 Å². The van der Waals surface area contributed by atoms with E-state index in [9.17, 15) is 0 Å². The lowest BCUT2D eigenvalue weighted by molar-refractivity contribution is 0.292. The van der Waals surface area contributed by atoms with Gasteiger partial charge in [-0.1, -0.05) is 0 Å². The van der Waals surface area contributed by atoms with Crippen molar-refractivity contribution in [3.8, 4) is 5.75 Å². The van der Waals surface area contributed by atoms with Gasteiger partial charge in [0.25, 0.3) is 0 Å². The van der Waals surface area contributed by atoms with E-state index in [2.05, 4.69) is 29.0 Å². The Morgan fingerprint density at radius 2 is 2.12 bits per heavy atom. The zero-order chi connectivity index (χ0) is 12.0. The summed E-state index contributed by atoms with van der Waals surface area (Å²) in [5.41, 5.74) is 7.78. The lowest BCUT2D eigenvalue weighted by Crippen LogP contribution is -2.44. The second-order valence-corrected chi connectivity index (χ2v) is 5.06. The molecule has 3 rings (SSSR count). The molecular formula is C13H19N3O. The molecule has 1 aromatic carbocycles. The first-order chi connectivity index (χ1) is 8.19. The SMILES string of the molecule is COc1cc(N2CC3CC2CN3C)ccc1N. The van der Waals surface area contributed by atoms with E-state index in [0.29, 0.717) is 17.8 Å². The number of likely N-dealkylation sites (N-methyl/N-ethyl adjacent to an activating group) is 1. The minimum Gasteiger partial charge on any atom is -0.495 e. The van der Waals surface area contributed by atoms with E-state index in [1.54, 1.807) is 7.11 Å². The van der Waals surface area contributed by atoms with Gasteiger partial charge in [0.2, 0.25) is 0 Å². The lowest BCUT2D eigenvalue weighted by atomic mass is 10.2. The molecule has 0 aromatic heterocycles. The number of benzene rings is 1. The minimum absolute atomic E-state index is 0.651. The Hall–Kier alpha value is -1.42. The van der Waals surface area contributed by atoms with E-state index < -0.39 is 0 Å². The molecule has 2 fully saturated rings. The van der Waals surface area contributed by atoms with Crippen molar-refractivity contribution in [3.63, 3.8) is 0 Å². The molecule has 4 nitrogen and oxygen atoms in total. The number of fused-ring (bicyclic) bond motifs is 2. The summed E-state index contributed by atoms with van der Waals surface area (Å²) in [6.07, 6.45) is 1.28. The topological polar surface area (TPSA) is 41.7 Å². The summed E-state index contributed by atoms with van der Waals surface area (Å²) in [5.74, 6) is 0.777. The summed E-state index contributed by atoms with van der Waals surface area (Å²) >= 11 is 0. The largest absolute Gasteiger partial charge is 0.495 e. The highest BCUT2D eigenvalue weighted by Gasteiger charge is 2.41. The predicted octanol–water partition coefficient (Wildman–Crippen LogP) is 1.17. The summed E-state index contributed by atoms with van der Waals surface area (Å²) in [6.45, 7) is 2.28. The Morgan fingerprint density at radius 3 is 2.71 bits per heavy atom. The first kappa shape index (κ1) is 10.7. The summed E-state index contributed by atoms with van der Waals surface area (Å²) in [6, 6.07) is 7.44. The van der Waals surface area contributed by atoms with Crippen LogP contribution in [-0.4, -0.2) is 44.2 Å². The number of anilines is 2. The van der Waals surface area contributed by atoms with E-state index in [1.165, 1.54) is 12.1 Å². The summed E-state index contributed by atoms with van der Waals surface area (Å²) < 4.78 is 5.28. The first-order valence-electron chi connectivity index (χ1n) is 6.09. The van der Waals surface area contributed by atoms with Gasteiger partial charge in [-0.2, -0.15) is 0 Å². The second kappa shape index (κ2) is 3.81. The fourth-order valence-electron chi connectivity index (χ4n) is 3.06. The third-order valence-corrected chi connectivity index (χ3v) is 4.06. The van der Waals surface area contributed by atoms with Crippen molar-refractivity contribution < 1.29 is 4.74 Å². The van der Waals surface area contributed by atoms with Gasteiger partial charge in [0.15, 0.2) is 0 Å². The van der Waals surface area contributed by atoms with Crippen molar-refractivity contribution in [2.24, 2.45) is 0 Å². The van der Waals surface area contributed by atoms with Gasteiger partial charge in [0.1, 0.15) is 5.75 Å². The molecule has 2 bridgehead atoms. The van der Waals surface area contributed by atoms with E-state index in [4.69, 9.17) is 10.5 Å². The smallest absolute Gasteiger partial charge is 0.143 e. The number of hydrogen-bond acceptors (Lipinski definition) is 4. The average molecular weight is 233 g/mol. The van der Waals surface area contributed by atoms with Gasteiger partial charge < -0.3 is 15.4 Å². The van der Waals surface area contributed by atoms with E-state index in [0.717, 1.165) is 18.8 Å². The van der Waals surface area contributed by atoms with Crippen LogP contribution in [0, 0.1) is 0 Å². The minimum atomic E-state index is 0.651. The molecular weight excluding hydrogens is 214 g/mol. The number of nitrogen functional groups attached to an aromatic ring is 1. The molecule has 2 N–H and O–H groups in total. The number of nitrogens with zero attached hydrogens (tertiary/aromatic N) is 2. The number of piperazine rings is 1. The molecule has 2 atom stereocenters. The summed E-state index contributed by atoms with van der Waals surface area (Å²) in [5, 5.41) is 0. The van der Waals surface area contributed by atoms with Crippen molar-refractivity contribution in [2.75, 3.05) is 37.9 Å². The molecule has 2 aliphatic rings. The van der Waals surface area contributed by atoms with Gasteiger partial charge in [0.05, 0.1) is 12.8 Å². The van der Waals surface area contributed by atoms with Crippen LogP contribution in [-0.2, 0) is 0 Å². The Kier molecular flexibility index (Phi) is 2.40. The van der Waals surface area contributed by atoms with Crippen LogP contribution in [0.5, 0.6) is 5.75 Å². The maximum atomic E-state index is 5.84. The molecule has 2 saturated heterocycles. The standard InChI is InChI=1S/C13H19N3O/c1-15-7-11-5-10(15)8-16(11)9-3-4-12(14)13(6-9)17-2/h3-4,6,10-11H,5,7-8,14H2,1-2H3. The third-order valence-electron chi connectivity index (χ3n) is 4.06. The molecule has 4 heteroatoms. The maximum Gasteiger partial charge on any atom is 0.143 e. The third kappa shape index (κ3) is 1.63. The molecule has 17 heavy (non-hydrogen) atoms. The Bertz CT molecular complexity index is 433. The van der Waals surface area contributed by atoms with Gasteiger partial charge in [-0.15, -0.1) is 0 Å². The molecule has 0 spiro atoms. The van der Waals surface area contributed by atoms with Crippen LogP contribution in [0.1, 0.15) is 6.42 Å². The molecule has 0 saturated carbocycles. The summed E-state index contributed by atoms with van der Waals surface area (Å²) in [7, 11) is 3.88. The highest BCUT2D eigenvalue weighted by molar-refractivity contribution is 5.63. The molecule has 2 aliphatic heterocycles. The zero-order valence-corrected chi connectivity index (χ0v) is 10.4. The molecule has 2 unspecified atom stereocenters. The normalized spacial score (nSPS) is 27.8. The number of hydrogen-bond donors (Lipinski definition) is 1. The quantitative estimate of drug-likeness (QED) is 0.779. The number of methoxy groups -OCH3 is 1. The van der Waals surface area contributed by atoms with Crippen LogP contribution in [0.2, 0.25) is 0 Å². The molecule has 0 aliphatic carbocycles. The Balaban J connectivity index is 1.86. The summed E-state index contributed by atoms with van der Waals surface area (Å²) in [4.78, 5) is 4.93. The van der Waals surface area contributed by atoms with Gasteiger partial charge in [-0.05, 0) is 25.6 Å². The maximum absolute atomic E-state index is 5.84. The van der Waals surface area contributed by atoms with Crippen LogP contribution in [0.4, 0.5) is 11.4 Å². The van der Waals surface area contributed by atoms with Gasteiger partial charge in [-0.3, -0.25) is 4.90 Å². The van der Waals surface area contributed by atoms with Crippen LogP contribution in [0.3, 0.4) is 0 Å². The predicted molar refractivity (Wildman–Crippen MR) is 69.6 cm³/mol. The average Bonchev–Trinajstić information content (AvgIpc) is 2.88. The van der Waals surface area contributed by atoms with Crippen molar-refractivity contribution in [1.82, 2.24) is 4.90 Å². The Labute approximate surface area is 102 Å². The van der Waals surface area contributed by atoms with Crippen LogP contribution in [0.25, 0.3) is 0 Å². The molecule has 92 valence electrons. The van der Waals surface area contributed by atoms with Crippen LogP contribution < -0.4 is 15.4 Å². The van der Waals surface area contributed by atoms with Crippen molar-refractivity contribution in [3.05, 3.63) is 18.2 Å². The van der Waals surface area contributed by atoms with E-state index in [1.807, 2.05) is 6.07 Å². The van der Waals surface area contributed by atoms with Gasteiger partial charge in [0, 0.05) is 36.9 Å². The monoisotopic (exact) mass is 233 g/mol. The van der Waals surface area contributed by atoms with Crippen LogP contribution in [0.15, 0.2) is 18.2 Å². The van der Waals surface area contributed by atoms with E-state index in [-0.39, 0.29) is 0 Å². The highest BCUT2D eigenvalue weighted by atomic mass is 16.5. The van der Waals surface area contributed by atoms with Crippen molar-refractivity contribution >= 4 is 11.4 Å². The van der Waals surface area contributed by atoms with Crippen molar-refractivity contribution in [2.45, 2.75) is 18.5 Å². The van der Waals surface area contributed by atoms with Crippen LogP contribution >= 0.6 is 0 Å². The highest BCUT2D eigenvalue weighted by Crippen LogP contribution is 2.36. The Morgan fingerprint density at radius 1 is 1.29 bits per heavy atom. The van der Waals surface area contributed by atoms with E-state index >= 15 is 0 Å². The first-order valence-corrected chi connectivity index (χ1v) is 6.09. The van der Waals surface area contributed by atoms with Gasteiger partial charge >= 0.3 is 0 Å². The molecule has 0 radical (unpaired) electrons. The lowest BCUT2D eigenvalue weighted by Gasteiger charge is -2.33. The number of ether oxygens (including phenoxy) is 1. The number of likely N-dealkylation sites (tertiary alicyclic amines) is 1.